The number of nitrogens with zero attached hydrogens (tertiary/aromatic N) is 1. The van der Waals surface area contributed by atoms with Gasteiger partial charge in [0, 0.05) is 6.54 Å². The van der Waals surface area contributed by atoms with Gasteiger partial charge in [0.05, 0.1) is 11.7 Å². The quantitative estimate of drug-likeness (QED) is 0.479. The lowest BCUT2D eigenvalue weighted by Gasteiger charge is -2.14. The fraction of sp³-hybridized carbons (Fsp3) is 0.500. The number of aliphatic hydroxyl groups is 1. The molecule has 102 valence electrons. The minimum atomic E-state index is -4.48. The number of aromatic nitrogens is 1. The predicted molar refractivity (Wildman–Crippen MR) is 61.8 cm³/mol. The van der Waals surface area contributed by atoms with Crippen LogP contribution in [0, 0.1) is 0 Å². The average molecular weight is 264 g/mol. The van der Waals surface area contributed by atoms with Crippen LogP contribution in [0.15, 0.2) is 12.1 Å². The first-order valence-corrected chi connectivity index (χ1v) is 5.34. The summed E-state index contributed by atoms with van der Waals surface area (Å²) >= 11 is 0. The van der Waals surface area contributed by atoms with Gasteiger partial charge in [0.1, 0.15) is 11.6 Å². The minimum absolute atomic E-state index is 0.00488. The van der Waals surface area contributed by atoms with E-state index < -0.39 is 17.8 Å². The molecule has 0 saturated carbocycles. The Morgan fingerprint density at radius 1 is 1.39 bits per heavy atom. The Morgan fingerprint density at radius 3 is 2.50 bits per heavy atom. The van der Waals surface area contributed by atoms with Gasteiger partial charge in [0.25, 0.3) is 0 Å². The molecule has 1 heterocycles. The summed E-state index contributed by atoms with van der Waals surface area (Å²) in [6.45, 7) is 1.88. The molecule has 1 unspecified atom stereocenters. The molecule has 0 bridgehead atoms. The number of aliphatic hydroxyl groups excluding tert-OH is 1. The molecule has 0 amide bonds. The van der Waals surface area contributed by atoms with Crippen LogP contribution >= 0.6 is 0 Å². The number of hydrogen-bond donors (Lipinski definition) is 4. The Balaban J connectivity index is 2.91. The van der Waals surface area contributed by atoms with Crippen molar-refractivity contribution in [2.24, 2.45) is 5.84 Å². The van der Waals surface area contributed by atoms with E-state index in [9.17, 15) is 18.3 Å². The molecule has 1 rings (SSSR count). The third-order valence-corrected chi connectivity index (χ3v) is 2.29. The van der Waals surface area contributed by atoms with E-state index in [-0.39, 0.29) is 18.2 Å². The van der Waals surface area contributed by atoms with Gasteiger partial charge in [-0.3, -0.25) is 0 Å². The maximum atomic E-state index is 12.6. The lowest BCUT2D eigenvalue weighted by molar-refractivity contribution is -0.137. The third-order valence-electron chi connectivity index (χ3n) is 2.29. The van der Waals surface area contributed by atoms with E-state index >= 15 is 0 Å². The van der Waals surface area contributed by atoms with E-state index in [2.05, 4.69) is 15.7 Å². The van der Waals surface area contributed by atoms with Crippen molar-refractivity contribution in [1.29, 1.82) is 0 Å². The number of anilines is 2. The SMILES string of the molecule is CCC(O)CNc1cc(C(F)(F)F)cc(NN)n1. The molecule has 0 saturated heterocycles. The molecule has 0 spiro atoms. The van der Waals surface area contributed by atoms with Crippen LogP contribution in [0.1, 0.15) is 18.9 Å². The summed E-state index contributed by atoms with van der Waals surface area (Å²) in [5.41, 5.74) is 1.21. The van der Waals surface area contributed by atoms with Gasteiger partial charge in [-0.1, -0.05) is 6.92 Å². The molecule has 0 radical (unpaired) electrons. The normalized spacial score (nSPS) is 13.2. The van der Waals surface area contributed by atoms with Crippen molar-refractivity contribution < 1.29 is 18.3 Å². The van der Waals surface area contributed by atoms with E-state index in [1.54, 1.807) is 6.92 Å². The van der Waals surface area contributed by atoms with Gasteiger partial charge < -0.3 is 15.8 Å². The molecule has 18 heavy (non-hydrogen) atoms. The highest BCUT2D eigenvalue weighted by atomic mass is 19.4. The summed E-state index contributed by atoms with van der Waals surface area (Å²) in [7, 11) is 0. The highest BCUT2D eigenvalue weighted by Crippen LogP contribution is 2.31. The maximum absolute atomic E-state index is 12.6. The van der Waals surface area contributed by atoms with E-state index in [1.165, 1.54) is 0 Å². The first-order chi connectivity index (χ1) is 8.36. The third kappa shape index (κ3) is 4.04. The number of hydrazine groups is 1. The van der Waals surface area contributed by atoms with Gasteiger partial charge in [0.15, 0.2) is 0 Å². The first-order valence-electron chi connectivity index (χ1n) is 5.34. The molecule has 1 atom stereocenters. The van der Waals surface area contributed by atoms with E-state index in [0.29, 0.717) is 6.42 Å². The summed E-state index contributed by atoms with van der Waals surface area (Å²) in [5.74, 6) is 4.96. The van der Waals surface area contributed by atoms with Crippen molar-refractivity contribution in [3.05, 3.63) is 17.7 Å². The summed E-state index contributed by atoms with van der Waals surface area (Å²) in [5, 5.41) is 11.9. The minimum Gasteiger partial charge on any atom is -0.391 e. The zero-order valence-electron chi connectivity index (χ0n) is 9.75. The number of nitrogen functional groups attached to an aromatic ring is 1. The smallest absolute Gasteiger partial charge is 0.391 e. The fourth-order valence-electron chi connectivity index (χ4n) is 1.23. The van der Waals surface area contributed by atoms with Crippen LogP contribution in [0.4, 0.5) is 24.8 Å². The molecule has 0 aliphatic heterocycles. The van der Waals surface area contributed by atoms with E-state index in [4.69, 9.17) is 5.84 Å². The maximum Gasteiger partial charge on any atom is 0.416 e. The van der Waals surface area contributed by atoms with Crippen LogP contribution in [-0.4, -0.2) is 22.7 Å². The molecule has 0 aromatic carbocycles. The van der Waals surface area contributed by atoms with Gasteiger partial charge in [-0.05, 0) is 18.6 Å². The average Bonchev–Trinajstić information content (AvgIpc) is 2.34. The van der Waals surface area contributed by atoms with Crippen LogP contribution in [0.2, 0.25) is 0 Å². The Labute approximate surface area is 102 Å². The zero-order chi connectivity index (χ0) is 13.8. The topological polar surface area (TPSA) is 83.2 Å². The summed E-state index contributed by atoms with van der Waals surface area (Å²) < 4.78 is 37.7. The second-order valence-corrected chi connectivity index (χ2v) is 3.71. The number of pyridine rings is 1. The highest BCUT2D eigenvalue weighted by molar-refractivity contribution is 5.49. The van der Waals surface area contributed by atoms with Crippen molar-refractivity contribution in [2.75, 3.05) is 17.3 Å². The molecule has 0 aliphatic carbocycles. The molecular weight excluding hydrogens is 249 g/mol. The van der Waals surface area contributed by atoms with Crippen molar-refractivity contribution >= 4 is 11.6 Å². The van der Waals surface area contributed by atoms with Gasteiger partial charge in [-0.2, -0.15) is 13.2 Å². The van der Waals surface area contributed by atoms with Gasteiger partial charge in [-0.15, -0.1) is 0 Å². The largest absolute Gasteiger partial charge is 0.416 e. The van der Waals surface area contributed by atoms with Crippen LogP contribution in [0.25, 0.3) is 0 Å². The lowest BCUT2D eigenvalue weighted by Crippen LogP contribution is -2.20. The Bertz CT molecular complexity index is 397. The number of nitrogens with two attached hydrogens (primary N) is 1. The number of alkyl halides is 3. The molecule has 5 N–H and O–H groups in total. The summed E-state index contributed by atoms with van der Waals surface area (Å²) in [6, 6.07) is 1.67. The molecular formula is C10H15F3N4O. The molecule has 0 fully saturated rings. The predicted octanol–water partition coefficient (Wildman–Crippen LogP) is 1.57. The van der Waals surface area contributed by atoms with Crippen molar-refractivity contribution in [3.63, 3.8) is 0 Å². The first kappa shape index (κ1) is 14.5. The molecule has 0 aliphatic rings. The Hall–Kier alpha value is -1.54. The summed E-state index contributed by atoms with van der Waals surface area (Å²) in [6.07, 6.45) is -4.63. The molecule has 8 heteroatoms. The number of nitrogens with one attached hydrogen (secondary N) is 2. The molecule has 1 aromatic heterocycles. The number of halogens is 3. The standard InChI is InChI=1S/C10H15F3N4O/c1-2-7(18)5-15-8-3-6(10(11,12)13)4-9(16-8)17-14/h3-4,7,18H,2,5,14H2,1H3,(H2,15,16,17). The van der Waals surface area contributed by atoms with Crippen LogP contribution in [0.5, 0.6) is 0 Å². The van der Waals surface area contributed by atoms with Crippen LogP contribution < -0.4 is 16.6 Å². The molecule has 1 aromatic rings. The Kier molecular flexibility index (Phi) is 4.74. The van der Waals surface area contributed by atoms with Gasteiger partial charge in [-0.25, -0.2) is 10.8 Å². The van der Waals surface area contributed by atoms with Crippen molar-refractivity contribution in [1.82, 2.24) is 4.98 Å². The monoisotopic (exact) mass is 264 g/mol. The van der Waals surface area contributed by atoms with Gasteiger partial charge in [0.2, 0.25) is 0 Å². The van der Waals surface area contributed by atoms with Crippen LogP contribution in [0.3, 0.4) is 0 Å². The van der Waals surface area contributed by atoms with E-state index in [0.717, 1.165) is 12.1 Å². The second kappa shape index (κ2) is 5.87. The van der Waals surface area contributed by atoms with Crippen LogP contribution in [-0.2, 0) is 6.18 Å². The lowest BCUT2D eigenvalue weighted by atomic mass is 10.2. The van der Waals surface area contributed by atoms with Crippen molar-refractivity contribution in [2.45, 2.75) is 25.6 Å². The van der Waals surface area contributed by atoms with E-state index in [1.807, 2.05) is 0 Å². The Morgan fingerprint density at radius 2 is 2.00 bits per heavy atom. The number of hydrogen-bond acceptors (Lipinski definition) is 5. The van der Waals surface area contributed by atoms with Crippen molar-refractivity contribution in [3.8, 4) is 0 Å². The second-order valence-electron chi connectivity index (χ2n) is 3.71. The van der Waals surface area contributed by atoms with Gasteiger partial charge >= 0.3 is 6.18 Å². The number of rotatable bonds is 5. The summed E-state index contributed by atoms with van der Waals surface area (Å²) in [4.78, 5) is 3.81. The molecule has 5 nitrogen and oxygen atoms in total. The highest BCUT2D eigenvalue weighted by Gasteiger charge is 2.31. The zero-order valence-corrected chi connectivity index (χ0v) is 9.75. The fourth-order valence-corrected chi connectivity index (χ4v) is 1.23.